The molecule has 1 rings (SSSR count). The highest BCUT2D eigenvalue weighted by molar-refractivity contribution is 7.89. The molecule has 0 spiro atoms. The van der Waals surface area contributed by atoms with Gasteiger partial charge < -0.3 is 10.8 Å². The molecule has 0 saturated heterocycles. The van der Waals surface area contributed by atoms with Crippen LogP contribution in [-0.4, -0.2) is 42.7 Å². The number of benzene rings is 1. The molecule has 0 heterocycles. The van der Waals surface area contributed by atoms with Gasteiger partial charge in [-0.3, -0.25) is 14.9 Å². The predicted octanol–water partition coefficient (Wildman–Crippen LogP) is 1.16. The summed E-state index contributed by atoms with van der Waals surface area (Å²) in [6, 6.07) is -0.460. The second-order valence-corrected chi connectivity index (χ2v) is 6.71. The van der Waals surface area contributed by atoms with Crippen LogP contribution < -0.4 is 10.5 Å². The van der Waals surface area contributed by atoms with Gasteiger partial charge in [-0.25, -0.2) is 8.42 Å². The molecule has 0 aromatic heterocycles. The van der Waals surface area contributed by atoms with Crippen molar-refractivity contribution in [1.82, 2.24) is 4.72 Å². The van der Waals surface area contributed by atoms with Crippen LogP contribution in [0.25, 0.3) is 0 Å². The first-order valence-electron chi connectivity index (χ1n) is 6.83. The minimum absolute atomic E-state index is 0.372. The maximum absolute atomic E-state index is 12.3. The molecule has 144 valence electrons. The maximum atomic E-state index is 12.3. The van der Waals surface area contributed by atoms with Crippen molar-refractivity contribution in [2.75, 3.05) is 0 Å². The van der Waals surface area contributed by atoms with Gasteiger partial charge in [0.1, 0.15) is 12.1 Å². The Kier molecular flexibility index (Phi) is 6.83. The van der Waals surface area contributed by atoms with Crippen LogP contribution in [0, 0.1) is 10.1 Å². The van der Waals surface area contributed by atoms with Gasteiger partial charge >= 0.3 is 12.1 Å². The SMILES string of the molecule is N[C@H](C=CC[C@H](NS(=O)(=O)c1ccc([N+](=O)[O-])cc1)C(=O)O)C(F)(F)F. The molecule has 9 nitrogen and oxygen atoms in total. The van der Waals surface area contributed by atoms with E-state index in [2.05, 4.69) is 0 Å². The summed E-state index contributed by atoms with van der Waals surface area (Å²) in [4.78, 5) is 20.5. The first kappa shape index (κ1) is 21.5. The maximum Gasteiger partial charge on any atom is 0.407 e. The summed E-state index contributed by atoms with van der Waals surface area (Å²) in [7, 11) is -4.37. The summed E-state index contributed by atoms with van der Waals surface area (Å²) in [5, 5.41) is 19.6. The smallest absolute Gasteiger partial charge is 0.407 e. The number of hydrogen-bond donors (Lipinski definition) is 3. The van der Waals surface area contributed by atoms with Crippen molar-refractivity contribution in [3.8, 4) is 0 Å². The Hall–Kier alpha value is -2.51. The molecule has 0 aliphatic carbocycles. The standard InChI is InChI=1S/C13H14F3N3O6S/c14-13(15,16)11(17)3-1-2-10(12(20)21)18-26(24,25)9-6-4-8(5-7-9)19(22)23/h1,3-7,10-11,18H,2,17H2,(H,20,21)/t10-,11+/m0/s1. The predicted molar refractivity (Wildman–Crippen MR) is 82.6 cm³/mol. The molecule has 0 radical (unpaired) electrons. The summed E-state index contributed by atoms with van der Waals surface area (Å²) in [5.41, 5.74) is 4.44. The first-order chi connectivity index (χ1) is 11.8. The Morgan fingerprint density at radius 1 is 1.35 bits per heavy atom. The summed E-state index contributed by atoms with van der Waals surface area (Å²) in [5.74, 6) is -1.62. The van der Waals surface area contributed by atoms with Crippen molar-refractivity contribution in [2.45, 2.75) is 29.6 Å². The fourth-order valence-electron chi connectivity index (χ4n) is 1.67. The summed E-state index contributed by atoms with van der Waals surface area (Å²) < 4.78 is 62.8. The molecule has 4 N–H and O–H groups in total. The van der Waals surface area contributed by atoms with Gasteiger partial charge in [0.25, 0.3) is 5.69 Å². The lowest BCUT2D eigenvalue weighted by molar-refractivity contribution is -0.384. The quantitative estimate of drug-likeness (QED) is 0.338. The van der Waals surface area contributed by atoms with Gasteiger partial charge in [0.2, 0.25) is 10.0 Å². The first-order valence-corrected chi connectivity index (χ1v) is 8.31. The van der Waals surface area contributed by atoms with Crippen LogP contribution in [0.2, 0.25) is 0 Å². The topological polar surface area (TPSA) is 153 Å². The van der Waals surface area contributed by atoms with E-state index in [0.29, 0.717) is 6.08 Å². The highest BCUT2D eigenvalue weighted by Crippen LogP contribution is 2.19. The lowest BCUT2D eigenvalue weighted by atomic mass is 10.2. The molecule has 0 aliphatic rings. The van der Waals surface area contributed by atoms with Gasteiger partial charge in [0, 0.05) is 12.1 Å². The molecule has 26 heavy (non-hydrogen) atoms. The molecular weight excluding hydrogens is 383 g/mol. The zero-order valence-corrected chi connectivity index (χ0v) is 13.7. The number of carbonyl (C=O) groups is 1. The molecule has 1 aromatic carbocycles. The average molecular weight is 397 g/mol. The van der Waals surface area contributed by atoms with Crippen LogP contribution >= 0.6 is 0 Å². The number of halogens is 3. The van der Waals surface area contributed by atoms with Gasteiger partial charge in [-0.15, -0.1) is 0 Å². The second kappa shape index (κ2) is 8.25. The number of nitrogens with zero attached hydrogens (tertiary/aromatic N) is 1. The molecule has 0 aliphatic heterocycles. The number of hydrogen-bond acceptors (Lipinski definition) is 6. The van der Waals surface area contributed by atoms with Crippen LogP contribution in [0.15, 0.2) is 41.3 Å². The van der Waals surface area contributed by atoms with E-state index in [1.165, 1.54) is 0 Å². The summed E-state index contributed by atoms with van der Waals surface area (Å²) in [6.45, 7) is 0. The minimum atomic E-state index is -4.71. The van der Waals surface area contributed by atoms with Crippen LogP contribution in [0.5, 0.6) is 0 Å². The van der Waals surface area contributed by atoms with Gasteiger partial charge in [-0.1, -0.05) is 12.2 Å². The van der Waals surface area contributed by atoms with Gasteiger partial charge in [-0.05, 0) is 18.6 Å². The monoisotopic (exact) mass is 397 g/mol. The number of non-ortho nitro benzene ring substituents is 1. The molecule has 1 aromatic rings. The van der Waals surface area contributed by atoms with Crippen molar-refractivity contribution in [1.29, 1.82) is 0 Å². The number of rotatable bonds is 8. The molecule has 0 saturated carbocycles. The van der Waals surface area contributed by atoms with E-state index in [-0.39, 0.29) is 5.69 Å². The zero-order valence-electron chi connectivity index (χ0n) is 12.9. The second-order valence-electron chi connectivity index (χ2n) is 4.99. The number of carboxylic acids is 1. The molecule has 0 amide bonds. The normalized spacial score (nSPS) is 14.9. The number of nitro groups is 1. The third kappa shape index (κ3) is 6.09. The van der Waals surface area contributed by atoms with Gasteiger partial charge in [0.15, 0.2) is 0 Å². The van der Waals surface area contributed by atoms with Crippen molar-refractivity contribution in [3.05, 3.63) is 46.5 Å². The third-order valence-electron chi connectivity index (χ3n) is 3.05. The fraction of sp³-hybridized carbons (Fsp3) is 0.308. The minimum Gasteiger partial charge on any atom is -0.480 e. The van der Waals surface area contributed by atoms with E-state index in [0.717, 1.165) is 30.3 Å². The highest BCUT2D eigenvalue weighted by atomic mass is 32.2. The van der Waals surface area contributed by atoms with E-state index in [1.807, 2.05) is 0 Å². The van der Waals surface area contributed by atoms with E-state index in [9.17, 15) is 36.5 Å². The average Bonchev–Trinajstić information content (AvgIpc) is 2.52. The number of nitro benzene ring substituents is 1. The number of nitrogens with one attached hydrogen (secondary N) is 1. The van der Waals surface area contributed by atoms with Crippen molar-refractivity contribution in [3.63, 3.8) is 0 Å². The van der Waals surface area contributed by atoms with Crippen LogP contribution in [0.3, 0.4) is 0 Å². The third-order valence-corrected chi connectivity index (χ3v) is 4.53. The molecule has 13 heteroatoms. The van der Waals surface area contributed by atoms with Crippen molar-refractivity contribution < 1.29 is 36.4 Å². The van der Waals surface area contributed by atoms with Gasteiger partial charge in [0.05, 0.1) is 9.82 Å². The van der Waals surface area contributed by atoms with Crippen molar-refractivity contribution >= 4 is 21.7 Å². The Labute approximate surface area is 145 Å². The Bertz CT molecular complexity index is 792. The van der Waals surface area contributed by atoms with E-state index in [1.54, 1.807) is 4.72 Å². The summed E-state index contributed by atoms with van der Waals surface area (Å²) >= 11 is 0. The van der Waals surface area contributed by atoms with E-state index < -0.39 is 50.5 Å². The lowest BCUT2D eigenvalue weighted by Crippen LogP contribution is -2.40. The molecular formula is C13H14F3N3O6S. The van der Waals surface area contributed by atoms with Crippen molar-refractivity contribution in [2.24, 2.45) is 5.73 Å². The lowest BCUT2D eigenvalue weighted by Gasteiger charge is -2.14. The van der Waals surface area contributed by atoms with E-state index in [4.69, 9.17) is 10.8 Å². The number of aliphatic carboxylic acids is 1. The summed E-state index contributed by atoms with van der Waals surface area (Å²) in [6.07, 6.45) is -4.00. The van der Waals surface area contributed by atoms with E-state index >= 15 is 0 Å². The largest absolute Gasteiger partial charge is 0.480 e. The number of sulfonamides is 1. The van der Waals surface area contributed by atoms with Crippen LogP contribution in [0.4, 0.5) is 18.9 Å². The Morgan fingerprint density at radius 2 is 1.88 bits per heavy atom. The number of carboxylic acid groups (broad SMARTS) is 1. The molecule has 0 fully saturated rings. The van der Waals surface area contributed by atoms with Crippen LogP contribution in [0.1, 0.15) is 6.42 Å². The Morgan fingerprint density at radius 3 is 2.31 bits per heavy atom. The number of alkyl halides is 3. The molecule has 0 bridgehead atoms. The zero-order chi connectivity index (χ0) is 20.1. The highest BCUT2D eigenvalue weighted by Gasteiger charge is 2.34. The number of nitrogens with two attached hydrogens (primary N) is 1. The van der Waals surface area contributed by atoms with Crippen LogP contribution in [-0.2, 0) is 14.8 Å². The fourth-order valence-corrected chi connectivity index (χ4v) is 2.87. The Balaban J connectivity index is 2.90. The molecule has 2 atom stereocenters. The molecule has 0 unspecified atom stereocenters. The van der Waals surface area contributed by atoms with Gasteiger partial charge in [-0.2, -0.15) is 17.9 Å².